The Balaban J connectivity index is 1.80. The maximum atomic E-state index is 13.2. The van der Waals surface area contributed by atoms with Gasteiger partial charge in [0.1, 0.15) is 5.82 Å². The highest BCUT2D eigenvalue weighted by Gasteiger charge is 2.28. The Labute approximate surface area is 169 Å². The second kappa shape index (κ2) is 11.7. The van der Waals surface area contributed by atoms with Crippen molar-refractivity contribution in [1.29, 1.82) is 0 Å². The molecule has 27 heavy (non-hydrogen) atoms. The molecule has 4 nitrogen and oxygen atoms in total. The Bertz CT molecular complexity index is 644. The second-order valence-electron chi connectivity index (χ2n) is 6.64. The molecule has 1 saturated heterocycles. The molecule has 0 aliphatic carbocycles. The van der Waals surface area contributed by atoms with E-state index >= 15 is 0 Å². The van der Waals surface area contributed by atoms with Gasteiger partial charge in [-0.15, -0.1) is 0 Å². The van der Waals surface area contributed by atoms with E-state index in [1.807, 2.05) is 11.0 Å². The van der Waals surface area contributed by atoms with Gasteiger partial charge in [-0.2, -0.15) is 11.8 Å². The van der Waals surface area contributed by atoms with Crippen molar-refractivity contribution in [1.82, 2.24) is 4.90 Å². The van der Waals surface area contributed by atoms with Crippen molar-refractivity contribution in [3.05, 3.63) is 46.8 Å². The topological polar surface area (TPSA) is 60.8 Å². The lowest BCUT2D eigenvalue weighted by Crippen LogP contribution is -2.34. The highest BCUT2D eigenvalue weighted by molar-refractivity contribution is 7.99. The molecule has 0 spiro atoms. The highest BCUT2D eigenvalue weighted by atomic mass is 35.5. The zero-order valence-electron chi connectivity index (χ0n) is 15.3. The van der Waals surface area contributed by atoms with Crippen LogP contribution in [0.25, 0.3) is 0 Å². The van der Waals surface area contributed by atoms with Gasteiger partial charge in [0.25, 0.3) is 0 Å². The number of hydrogen-bond donors (Lipinski definition) is 2. The standard InChI is InChI=1S/C20H27ClFNO3S/c21-18-14-15(3-7-19(18)22)13-17(25)6-4-16-5-8-20(26)23(16)9-12-27-11-2-1-10-24/h3-4,6-7,14,16-17,24-25H,1-2,5,8-13H2/t16-,17+/m0/s1. The minimum absolute atomic E-state index is 0.0157. The summed E-state index contributed by atoms with van der Waals surface area (Å²) in [5.74, 6) is 1.54. The Kier molecular flexibility index (Phi) is 9.62. The lowest BCUT2D eigenvalue weighted by atomic mass is 10.1. The van der Waals surface area contributed by atoms with E-state index in [-0.39, 0.29) is 23.6 Å². The quantitative estimate of drug-likeness (QED) is 0.429. The molecule has 0 saturated carbocycles. The van der Waals surface area contributed by atoms with Crippen LogP contribution in [0.1, 0.15) is 31.2 Å². The molecule has 2 atom stereocenters. The smallest absolute Gasteiger partial charge is 0.223 e. The molecule has 0 unspecified atom stereocenters. The van der Waals surface area contributed by atoms with E-state index in [0.29, 0.717) is 19.4 Å². The molecule has 1 aliphatic heterocycles. The minimum Gasteiger partial charge on any atom is -0.396 e. The molecule has 150 valence electrons. The molecule has 0 aromatic heterocycles. The van der Waals surface area contributed by atoms with Gasteiger partial charge >= 0.3 is 0 Å². The van der Waals surface area contributed by atoms with Crippen molar-refractivity contribution in [2.45, 2.75) is 44.2 Å². The molecule has 1 amide bonds. The van der Waals surface area contributed by atoms with E-state index in [1.165, 1.54) is 12.1 Å². The van der Waals surface area contributed by atoms with Gasteiger partial charge in [0.15, 0.2) is 0 Å². The van der Waals surface area contributed by atoms with Gasteiger partial charge in [-0.3, -0.25) is 4.79 Å². The Morgan fingerprint density at radius 3 is 2.93 bits per heavy atom. The summed E-state index contributed by atoms with van der Waals surface area (Å²) in [5.41, 5.74) is 0.761. The SMILES string of the molecule is O=C1CC[C@H](C=C[C@@H](O)Cc2ccc(F)c(Cl)c2)N1CCSCCCCO. The summed E-state index contributed by atoms with van der Waals surface area (Å²) in [5, 5.41) is 19.0. The molecule has 7 heteroatoms. The van der Waals surface area contributed by atoms with Crippen LogP contribution in [0.3, 0.4) is 0 Å². The first-order valence-electron chi connectivity index (χ1n) is 9.29. The predicted octanol–water partition coefficient (Wildman–Crippen LogP) is 3.44. The number of carbonyl (C=O) groups is 1. The normalized spacial score (nSPS) is 18.6. The molecule has 1 aliphatic rings. The van der Waals surface area contributed by atoms with Gasteiger partial charge in [0, 0.05) is 31.7 Å². The Morgan fingerprint density at radius 1 is 1.37 bits per heavy atom. The lowest BCUT2D eigenvalue weighted by molar-refractivity contribution is -0.128. The van der Waals surface area contributed by atoms with Gasteiger partial charge in [-0.05, 0) is 42.7 Å². The molecule has 2 rings (SSSR count). The predicted molar refractivity (Wildman–Crippen MR) is 109 cm³/mol. The first-order valence-corrected chi connectivity index (χ1v) is 10.8. The highest BCUT2D eigenvalue weighted by Crippen LogP contribution is 2.21. The number of benzene rings is 1. The third-order valence-corrected chi connectivity index (χ3v) is 5.87. The van der Waals surface area contributed by atoms with Crippen LogP contribution in [-0.2, 0) is 11.2 Å². The molecule has 0 radical (unpaired) electrons. The number of carbonyl (C=O) groups excluding carboxylic acids is 1. The summed E-state index contributed by atoms with van der Waals surface area (Å²) in [4.78, 5) is 14.0. The number of hydrogen-bond acceptors (Lipinski definition) is 4. The summed E-state index contributed by atoms with van der Waals surface area (Å²) >= 11 is 7.56. The van der Waals surface area contributed by atoms with Crippen LogP contribution in [0.4, 0.5) is 4.39 Å². The van der Waals surface area contributed by atoms with E-state index in [0.717, 1.165) is 36.3 Å². The van der Waals surface area contributed by atoms with E-state index < -0.39 is 11.9 Å². The zero-order chi connectivity index (χ0) is 19.6. The average Bonchev–Trinajstić information content (AvgIpc) is 2.99. The van der Waals surface area contributed by atoms with E-state index in [4.69, 9.17) is 16.7 Å². The van der Waals surface area contributed by atoms with E-state index in [9.17, 15) is 14.3 Å². The van der Waals surface area contributed by atoms with Crippen LogP contribution in [0.15, 0.2) is 30.4 Å². The minimum atomic E-state index is -0.711. The number of aliphatic hydroxyl groups excluding tert-OH is 2. The number of unbranched alkanes of at least 4 members (excludes halogenated alkanes) is 1. The molecule has 1 heterocycles. The molecule has 1 fully saturated rings. The molecular weight excluding hydrogens is 389 g/mol. The third-order valence-electron chi connectivity index (χ3n) is 4.53. The van der Waals surface area contributed by atoms with Gasteiger partial charge in [0.2, 0.25) is 5.91 Å². The number of aliphatic hydroxyl groups is 2. The van der Waals surface area contributed by atoms with E-state index in [2.05, 4.69) is 0 Å². The van der Waals surface area contributed by atoms with Crippen LogP contribution >= 0.6 is 23.4 Å². The van der Waals surface area contributed by atoms with Crippen molar-refractivity contribution in [3.8, 4) is 0 Å². The monoisotopic (exact) mass is 415 g/mol. The third kappa shape index (κ3) is 7.45. The first kappa shape index (κ1) is 22.2. The van der Waals surface area contributed by atoms with Crippen LogP contribution in [0.5, 0.6) is 0 Å². The number of amides is 1. The number of halogens is 2. The lowest BCUT2D eigenvalue weighted by Gasteiger charge is -2.22. The van der Waals surface area contributed by atoms with Crippen molar-refractivity contribution in [3.63, 3.8) is 0 Å². The number of nitrogens with zero attached hydrogens (tertiary/aromatic N) is 1. The second-order valence-corrected chi connectivity index (χ2v) is 8.27. The fourth-order valence-electron chi connectivity index (χ4n) is 3.06. The first-order chi connectivity index (χ1) is 13.0. The van der Waals surface area contributed by atoms with Gasteiger partial charge in [-0.25, -0.2) is 4.39 Å². The van der Waals surface area contributed by atoms with Crippen molar-refractivity contribution in [2.24, 2.45) is 0 Å². The van der Waals surface area contributed by atoms with Crippen molar-refractivity contribution in [2.75, 3.05) is 24.7 Å². The molecule has 1 aromatic rings. The summed E-state index contributed by atoms with van der Waals surface area (Å²) in [6.07, 6.45) is 6.34. The number of rotatable bonds is 11. The largest absolute Gasteiger partial charge is 0.396 e. The van der Waals surface area contributed by atoms with Gasteiger partial charge in [-0.1, -0.05) is 29.8 Å². The maximum absolute atomic E-state index is 13.2. The maximum Gasteiger partial charge on any atom is 0.223 e. The molecule has 1 aromatic carbocycles. The zero-order valence-corrected chi connectivity index (χ0v) is 16.9. The Hall–Kier alpha value is -1.08. The van der Waals surface area contributed by atoms with Crippen LogP contribution in [0.2, 0.25) is 5.02 Å². The van der Waals surface area contributed by atoms with Gasteiger partial charge in [0.05, 0.1) is 17.2 Å². The molecule has 2 N–H and O–H groups in total. The molecule has 0 bridgehead atoms. The Morgan fingerprint density at radius 2 is 2.19 bits per heavy atom. The summed E-state index contributed by atoms with van der Waals surface area (Å²) in [6, 6.07) is 4.44. The average molecular weight is 416 g/mol. The van der Waals surface area contributed by atoms with Crippen LogP contribution in [0, 0.1) is 5.82 Å². The fourth-order valence-corrected chi connectivity index (χ4v) is 4.20. The van der Waals surface area contributed by atoms with Crippen LogP contribution < -0.4 is 0 Å². The number of likely N-dealkylation sites (tertiary alicyclic amines) is 1. The van der Waals surface area contributed by atoms with Crippen molar-refractivity contribution < 1.29 is 19.4 Å². The van der Waals surface area contributed by atoms with E-state index in [1.54, 1.807) is 23.9 Å². The van der Waals surface area contributed by atoms with Crippen molar-refractivity contribution >= 4 is 29.3 Å². The summed E-state index contributed by atoms with van der Waals surface area (Å²) < 4.78 is 13.2. The van der Waals surface area contributed by atoms with Crippen LogP contribution in [-0.4, -0.2) is 57.8 Å². The summed E-state index contributed by atoms with van der Waals surface area (Å²) in [6.45, 7) is 0.922. The number of thioether (sulfide) groups is 1. The molecular formula is C20H27ClFNO3S. The summed E-state index contributed by atoms with van der Waals surface area (Å²) in [7, 11) is 0. The van der Waals surface area contributed by atoms with Gasteiger partial charge < -0.3 is 15.1 Å². The fraction of sp³-hybridized carbons (Fsp3) is 0.550.